The molecule has 3 aromatic carbocycles. The van der Waals surface area contributed by atoms with Crippen LogP contribution in [0.1, 0.15) is 34.3 Å². The standard InChI is InChI=1S/C27H28N4O2/c1-20(22-10-6-4-7-11-22)19-28-30-27(33)25(29-26(32)23-12-8-5-9-13-23)18-21-14-16-24(17-15-21)31(2)3/h4-20H,1-3H3,(H,29,32)(H,30,33). The van der Waals surface area contributed by atoms with Gasteiger partial charge in [0.15, 0.2) is 0 Å². The number of amides is 2. The van der Waals surface area contributed by atoms with E-state index >= 15 is 0 Å². The van der Waals surface area contributed by atoms with Gasteiger partial charge in [-0.25, -0.2) is 5.43 Å². The maximum Gasteiger partial charge on any atom is 0.287 e. The van der Waals surface area contributed by atoms with E-state index < -0.39 is 5.91 Å². The number of rotatable bonds is 8. The molecule has 1 atom stereocenters. The molecule has 0 radical (unpaired) electrons. The second kappa shape index (κ2) is 11.4. The second-order valence-electron chi connectivity index (χ2n) is 7.78. The van der Waals surface area contributed by atoms with E-state index in [0.29, 0.717) is 5.56 Å². The number of nitrogens with one attached hydrogen (secondary N) is 2. The van der Waals surface area contributed by atoms with Gasteiger partial charge in [-0.1, -0.05) is 67.6 Å². The van der Waals surface area contributed by atoms with Crippen LogP contribution in [-0.2, 0) is 4.79 Å². The molecule has 0 bridgehead atoms. The monoisotopic (exact) mass is 440 g/mol. The van der Waals surface area contributed by atoms with E-state index in [0.717, 1.165) is 16.8 Å². The molecular formula is C27H28N4O2. The molecule has 168 valence electrons. The van der Waals surface area contributed by atoms with Crippen molar-refractivity contribution in [2.24, 2.45) is 5.10 Å². The first-order chi connectivity index (χ1) is 15.9. The molecule has 0 heterocycles. The SMILES string of the molecule is CC(C=NNC(=O)C(=Cc1ccc(N(C)C)cc1)NC(=O)c1ccccc1)c1ccccc1. The molecular weight excluding hydrogens is 412 g/mol. The number of carbonyl (C=O) groups is 2. The van der Waals surface area contributed by atoms with Gasteiger partial charge in [-0.05, 0) is 41.5 Å². The summed E-state index contributed by atoms with van der Waals surface area (Å²) in [5.41, 5.74) is 5.99. The number of carbonyl (C=O) groups excluding carboxylic acids is 2. The first-order valence-electron chi connectivity index (χ1n) is 10.7. The third kappa shape index (κ3) is 6.90. The molecule has 0 aromatic heterocycles. The maximum atomic E-state index is 12.9. The fourth-order valence-electron chi connectivity index (χ4n) is 3.09. The molecule has 2 N–H and O–H groups in total. The molecule has 1 unspecified atom stereocenters. The van der Waals surface area contributed by atoms with Crippen molar-refractivity contribution in [1.29, 1.82) is 0 Å². The van der Waals surface area contributed by atoms with E-state index in [1.165, 1.54) is 0 Å². The molecule has 3 aromatic rings. The number of nitrogens with zero attached hydrogens (tertiary/aromatic N) is 2. The lowest BCUT2D eigenvalue weighted by atomic mass is 10.0. The Hall–Kier alpha value is -4.19. The van der Waals surface area contributed by atoms with Crippen molar-refractivity contribution in [2.45, 2.75) is 12.8 Å². The Bertz CT molecular complexity index is 1120. The highest BCUT2D eigenvalue weighted by atomic mass is 16.2. The zero-order chi connectivity index (χ0) is 23.6. The van der Waals surface area contributed by atoms with Crippen LogP contribution in [0, 0.1) is 0 Å². The van der Waals surface area contributed by atoms with Gasteiger partial charge in [0.1, 0.15) is 5.70 Å². The molecule has 33 heavy (non-hydrogen) atoms. The van der Waals surface area contributed by atoms with Crippen molar-refractivity contribution >= 4 is 29.8 Å². The zero-order valence-corrected chi connectivity index (χ0v) is 19.0. The number of hydrazone groups is 1. The van der Waals surface area contributed by atoms with Gasteiger partial charge in [-0.2, -0.15) is 5.10 Å². The normalized spacial score (nSPS) is 12.3. The highest BCUT2D eigenvalue weighted by molar-refractivity contribution is 6.05. The van der Waals surface area contributed by atoms with Crippen LogP contribution in [0.25, 0.3) is 6.08 Å². The number of hydrogen-bond acceptors (Lipinski definition) is 4. The van der Waals surface area contributed by atoms with Gasteiger partial charge in [0, 0.05) is 37.5 Å². The average molecular weight is 441 g/mol. The Kier molecular flexibility index (Phi) is 8.13. The summed E-state index contributed by atoms with van der Waals surface area (Å²) in [6.45, 7) is 1.99. The summed E-state index contributed by atoms with van der Waals surface area (Å²) in [5.74, 6) is -0.854. The van der Waals surface area contributed by atoms with Crippen molar-refractivity contribution in [3.63, 3.8) is 0 Å². The van der Waals surface area contributed by atoms with E-state index in [9.17, 15) is 9.59 Å². The van der Waals surface area contributed by atoms with Gasteiger partial charge in [0.2, 0.25) is 0 Å². The lowest BCUT2D eigenvalue weighted by molar-refractivity contribution is -0.117. The van der Waals surface area contributed by atoms with Crippen LogP contribution >= 0.6 is 0 Å². The van der Waals surface area contributed by atoms with Crippen LogP contribution in [0.5, 0.6) is 0 Å². The summed E-state index contributed by atoms with van der Waals surface area (Å²) in [7, 11) is 3.91. The van der Waals surface area contributed by atoms with E-state index in [1.54, 1.807) is 36.6 Å². The minimum Gasteiger partial charge on any atom is -0.378 e. The van der Waals surface area contributed by atoms with Gasteiger partial charge in [-0.3, -0.25) is 9.59 Å². The van der Waals surface area contributed by atoms with Gasteiger partial charge in [0.25, 0.3) is 11.8 Å². The highest BCUT2D eigenvalue weighted by Crippen LogP contribution is 2.15. The molecule has 6 nitrogen and oxygen atoms in total. The van der Waals surface area contributed by atoms with E-state index in [2.05, 4.69) is 15.8 Å². The Morgan fingerprint density at radius 2 is 1.48 bits per heavy atom. The summed E-state index contributed by atoms with van der Waals surface area (Å²) in [5, 5.41) is 6.82. The van der Waals surface area contributed by atoms with Gasteiger partial charge < -0.3 is 10.2 Å². The van der Waals surface area contributed by atoms with Crippen molar-refractivity contribution < 1.29 is 9.59 Å². The molecule has 0 aliphatic rings. The summed E-state index contributed by atoms with van der Waals surface area (Å²) < 4.78 is 0. The third-order valence-electron chi connectivity index (χ3n) is 5.04. The predicted molar refractivity (Wildman–Crippen MR) is 134 cm³/mol. The van der Waals surface area contributed by atoms with Gasteiger partial charge in [-0.15, -0.1) is 0 Å². The van der Waals surface area contributed by atoms with E-state index in [1.807, 2.05) is 86.6 Å². The van der Waals surface area contributed by atoms with E-state index in [-0.39, 0.29) is 17.5 Å². The maximum absolute atomic E-state index is 12.9. The molecule has 0 saturated carbocycles. The molecule has 6 heteroatoms. The Morgan fingerprint density at radius 1 is 0.879 bits per heavy atom. The van der Waals surface area contributed by atoms with Crippen molar-refractivity contribution in [2.75, 3.05) is 19.0 Å². The summed E-state index contributed by atoms with van der Waals surface area (Å²) >= 11 is 0. The average Bonchev–Trinajstić information content (AvgIpc) is 2.84. The lowest BCUT2D eigenvalue weighted by Crippen LogP contribution is -2.32. The molecule has 0 spiro atoms. The van der Waals surface area contributed by atoms with Crippen LogP contribution in [0.4, 0.5) is 5.69 Å². The summed E-state index contributed by atoms with van der Waals surface area (Å²) in [4.78, 5) is 27.6. The van der Waals surface area contributed by atoms with Crippen LogP contribution in [0.3, 0.4) is 0 Å². The Morgan fingerprint density at radius 3 is 2.09 bits per heavy atom. The molecule has 0 aliphatic carbocycles. The predicted octanol–water partition coefficient (Wildman–Crippen LogP) is 4.43. The Labute approximate surface area is 194 Å². The fraction of sp³-hybridized carbons (Fsp3) is 0.148. The fourth-order valence-corrected chi connectivity index (χ4v) is 3.09. The first-order valence-corrected chi connectivity index (χ1v) is 10.7. The molecule has 0 fully saturated rings. The largest absolute Gasteiger partial charge is 0.378 e. The number of anilines is 1. The first kappa shape index (κ1) is 23.5. The number of benzene rings is 3. The molecule has 2 amide bonds. The molecule has 0 aliphatic heterocycles. The highest BCUT2D eigenvalue weighted by Gasteiger charge is 2.14. The van der Waals surface area contributed by atoms with E-state index in [4.69, 9.17) is 0 Å². The second-order valence-corrected chi connectivity index (χ2v) is 7.78. The smallest absolute Gasteiger partial charge is 0.287 e. The minimum atomic E-state index is -0.507. The summed E-state index contributed by atoms with van der Waals surface area (Å²) in [6, 6.07) is 26.3. The third-order valence-corrected chi connectivity index (χ3v) is 5.04. The Balaban J connectivity index is 1.78. The zero-order valence-electron chi connectivity index (χ0n) is 19.0. The van der Waals surface area contributed by atoms with Crippen molar-refractivity contribution in [3.8, 4) is 0 Å². The van der Waals surface area contributed by atoms with Crippen LogP contribution in [0.15, 0.2) is 95.7 Å². The lowest BCUT2D eigenvalue weighted by Gasteiger charge is -2.13. The van der Waals surface area contributed by atoms with Crippen LogP contribution in [0.2, 0.25) is 0 Å². The molecule has 0 saturated heterocycles. The van der Waals surface area contributed by atoms with Crippen molar-refractivity contribution in [3.05, 3.63) is 107 Å². The van der Waals surface area contributed by atoms with Crippen LogP contribution in [-0.4, -0.2) is 32.1 Å². The van der Waals surface area contributed by atoms with Gasteiger partial charge >= 0.3 is 0 Å². The quantitative estimate of drug-likeness (QED) is 0.309. The topological polar surface area (TPSA) is 73.8 Å². The van der Waals surface area contributed by atoms with Crippen LogP contribution < -0.4 is 15.6 Å². The molecule has 3 rings (SSSR count). The summed E-state index contributed by atoms with van der Waals surface area (Å²) in [6.07, 6.45) is 3.29. The number of hydrogen-bond donors (Lipinski definition) is 2. The van der Waals surface area contributed by atoms with Crippen molar-refractivity contribution in [1.82, 2.24) is 10.7 Å². The van der Waals surface area contributed by atoms with Gasteiger partial charge in [0.05, 0.1) is 0 Å². The minimum absolute atomic E-state index is 0.0245.